The van der Waals surface area contributed by atoms with Gasteiger partial charge in [0.2, 0.25) is 5.91 Å². The fourth-order valence-electron chi connectivity index (χ4n) is 7.86. The molecule has 0 bridgehead atoms. The van der Waals surface area contributed by atoms with Crippen molar-refractivity contribution in [3.05, 3.63) is 64.5 Å². The van der Waals surface area contributed by atoms with Crippen molar-refractivity contribution in [1.82, 2.24) is 14.8 Å². The third-order valence-corrected chi connectivity index (χ3v) is 10.2. The number of halogens is 3. The number of carbonyl (C=O) groups excluding carboxylic acids is 2. The number of carbonyl (C=O) groups is 2. The number of ether oxygens (including phenoxy) is 3. The summed E-state index contributed by atoms with van der Waals surface area (Å²) in [5, 5.41) is 0. The van der Waals surface area contributed by atoms with Crippen molar-refractivity contribution in [2.75, 3.05) is 40.0 Å². The Kier molecular flexibility index (Phi) is 8.63. The number of likely N-dealkylation sites (tertiary alicyclic amines) is 1. The monoisotopic (exact) mass is 615 g/mol. The minimum atomic E-state index is -4.51. The van der Waals surface area contributed by atoms with Gasteiger partial charge in [0.1, 0.15) is 6.61 Å². The normalized spacial score (nSPS) is 28.5. The van der Waals surface area contributed by atoms with E-state index in [-0.39, 0.29) is 43.5 Å². The van der Waals surface area contributed by atoms with Gasteiger partial charge in [0.25, 0.3) is 0 Å². The van der Waals surface area contributed by atoms with E-state index in [0.29, 0.717) is 56.3 Å². The molecule has 0 N–H and O–H groups in total. The van der Waals surface area contributed by atoms with E-state index in [1.165, 1.54) is 0 Å². The average molecular weight is 616 g/mol. The van der Waals surface area contributed by atoms with Gasteiger partial charge in [-0.25, -0.2) is 4.79 Å². The fraction of sp³-hybridized carbons (Fsp3) is 0.606. The summed E-state index contributed by atoms with van der Waals surface area (Å²) in [4.78, 5) is 35.2. The number of methoxy groups -OCH3 is 1. The second-order valence-corrected chi connectivity index (χ2v) is 13.0. The quantitative estimate of drug-likeness (QED) is 0.433. The predicted octanol–water partition coefficient (Wildman–Crippen LogP) is 5.40. The van der Waals surface area contributed by atoms with Gasteiger partial charge in [-0.05, 0) is 67.6 Å². The van der Waals surface area contributed by atoms with Crippen molar-refractivity contribution < 1.29 is 37.0 Å². The van der Waals surface area contributed by atoms with Crippen LogP contribution in [-0.4, -0.2) is 72.8 Å². The molecule has 1 saturated carbocycles. The Morgan fingerprint density at radius 1 is 1.18 bits per heavy atom. The van der Waals surface area contributed by atoms with Gasteiger partial charge in [-0.2, -0.15) is 13.2 Å². The molecule has 11 heteroatoms. The van der Waals surface area contributed by atoms with Crippen LogP contribution in [0, 0.1) is 30.1 Å². The molecule has 238 valence electrons. The van der Waals surface area contributed by atoms with Crippen LogP contribution in [0.2, 0.25) is 0 Å². The second kappa shape index (κ2) is 12.3. The van der Waals surface area contributed by atoms with Gasteiger partial charge in [-0.1, -0.05) is 29.8 Å². The summed E-state index contributed by atoms with van der Waals surface area (Å²) in [6.45, 7) is 4.50. The smallest absolute Gasteiger partial charge is 0.417 e. The Morgan fingerprint density at radius 3 is 2.73 bits per heavy atom. The van der Waals surface area contributed by atoms with Crippen LogP contribution in [0.3, 0.4) is 0 Å². The van der Waals surface area contributed by atoms with Crippen molar-refractivity contribution in [2.24, 2.45) is 23.2 Å². The molecule has 1 aromatic heterocycles. The lowest BCUT2D eigenvalue weighted by Gasteiger charge is -2.37. The molecule has 5 atom stereocenters. The lowest BCUT2D eigenvalue weighted by atomic mass is 9.78. The van der Waals surface area contributed by atoms with Gasteiger partial charge in [-0.15, -0.1) is 0 Å². The van der Waals surface area contributed by atoms with Gasteiger partial charge >= 0.3 is 12.3 Å². The number of rotatable bonds is 6. The highest BCUT2D eigenvalue weighted by Gasteiger charge is 2.60. The second-order valence-electron chi connectivity index (χ2n) is 13.0. The molecule has 8 nitrogen and oxygen atoms in total. The van der Waals surface area contributed by atoms with Crippen LogP contribution in [0.1, 0.15) is 53.6 Å². The molecule has 1 aromatic carbocycles. The van der Waals surface area contributed by atoms with Crippen LogP contribution in [0.4, 0.5) is 18.0 Å². The number of aryl methyl sites for hydroxylation is 1. The minimum Gasteiger partial charge on any atom is -0.445 e. The van der Waals surface area contributed by atoms with Crippen molar-refractivity contribution in [2.45, 2.75) is 64.5 Å². The van der Waals surface area contributed by atoms with Crippen LogP contribution in [0.25, 0.3) is 0 Å². The van der Waals surface area contributed by atoms with E-state index in [0.717, 1.165) is 42.7 Å². The Hall–Kier alpha value is -3.18. The number of hydrogen-bond acceptors (Lipinski definition) is 6. The zero-order valence-corrected chi connectivity index (χ0v) is 25.3. The molecule has 2 aromatic rings. The molecule has 44 heavy (non-hydrogen) atoms. The molecule has 4 aliphatic rings. The van der Waals surface area contributed by atoms with E-state index in [9.17, 15) is 22.8 Å². The van der Waals surface area contributed by atoms with Crippen LogP contribution < -0.4 is 0 Å². The summed E-state index contributed by atoms with van der Waals surface area (Å²) in [5.74, 6) is 0.450. The number of alkyl halides is 3. The fourth-order valence-corrected chi connectivity index (χ4v) is 7.86. The number of amides is 2. The predicted molar refractivity (Wildman–Crippen MR) is 154 cm³/mol. The summed E-state index contributed by atoms with van der Waals surface area (Å²) < 4.78 is 57.3. The van der Waals surface area contributed by atoms with E-state index in [1.807, 2.05) is 31.2 Å². The summed E-state index contributed by atoms with van der Waals surface area (Å²) >= 11 is 0. The first kappa shape index (κ1) is 30.8. The van der Waals surface area contributed by atoms with E-state index in [1.54, 1.807) is 16.9 Å². The zero-order valence-electron chi connectivity index (χ0n) is 25.3. The van der Waals surface area contributed by atoms with Crippen molar-refractivity contribution in [3.8, 4) is 0 Å². The van der Waals surface area contributed by atoms with Gasteiger partial charge in [0.05, 0.1) is 23.7 Å². The molecule has 2 amide bonds. The van der Waals surface area contributed by atoms with Gasteiger partial charge < -0.3 is 24.0 Å². The Bertz CT molecular complexity index is 1370. The largest absolute Gasteiger partial charge is 0.445 e. The number of pyridine rings is 1. The number of nitrogens with zero attached hydrogens (tertiary/aromatic N) is 3. The molecule has 2 unspecified atom stereocenters. The Labute approximate surface area is 255 Å². The molecule has 3 aliphatic heterocycles. The average Bonchev–Trinajstić information content (AvgIpc) is 3.54. The summed E-state index contributed by atoms with van der Waals surface area (Å²) in [6.07, 6.45) is -0.458. The molecular formula is C33H40F3N3O5. The van der Waals surface area contributed by atoms with E-state index >= 15 is 0 Å². The molecule has 1 aliphatic carbocycles. The third-order valence-electron chi connectivity index (χ3n) is 10.2. The molecule has 3 fully saturated rings. The molecule has 4 heterocycles. The first-order valence-corrected chi connectivity index (χ1v) is 15.5. The van der Waals surface area contributed by atoms with Crippen LogP contribution in [-0.2, 0) is 44.8 Å². The van der Waals surface area contributed by atoms with Crippen molar-refractivity contribution in [1.29, 1.82) is 0 Å². The van der Waals surface area contributed by atoms with Crippen LogP contribution in [0.5, 0.6) is 0 Å². The van der Waals surface area contributed by atoms with E-state index < -0.39 is 23.2 Å². The molecule has 2 saturated heterocycles. The molecule has 0 radical (unpaired) electrons. The number of benzene rings is 1. The maximum atomic E-state index is 14.5. The lowest BCUT2D eigenvalue weighted by molar-refractivity contribution is -0.144. The first-order chi connectivity index (χ1) is 21.1. The van der Waals surface area contributed by atoms with Crippen LogP contribution in [0.15, 0.2) is 36.5 Å². The zero-order chi connectivity index (χ0) is 31.1. The van der Waals surface area contributed by atoms with Gasteiger partial charge in [0.15, 0.2) is 0 Å². The first-order valence-electron chi connectivity index (χ1n) is 15.5. The number of aromatic nitrogens is 1. The molecule has 6 rings (SSSR count). The lowest BCUT2D eigenvalue weighted by Crippen LogP contribution is -2.49. The maximum Gasteiger partial charge on any atom is 0.417 e. The topological polar surface area (TPSA) is 81.2 Å². The number of hydrogen-bond donors (Lipinski definition) is 0. The Balaban J connectivity index is 1.20. The van der Waals surface area contributed by atoms with E-state index in [2.05, 4.69) is 4.98 Å². The summed E-state index contributed by atoms with van der Waals surface area (Å²) in [5.41, 5.74) is 1.41. The van der Waals surface area contributed by atoms with Gasteiger partial charge in [-0.3, -0.25) is 9.78 Å². The minimum absolute atomic E-state index is 0.0121. The highest BCUT2D eigenvalue weighted by Crippen LogP contribution is 2.54. The standard InChI is InChI=1S/C33H40F3N3O5/c1-21-3-5-22(6-4-21)18-44-31(41)39-17-27-12-23(11-24-8-10-43-19-29(24)42-2)14-32(27,20-39)30(40)38-9-7-28-25(16-38)13-26(15-37-28)33(34,35)36/h3-6,13,15,23-24,27,29H,7-12,14,16-20H2,1-2H3/t23-,24?,27+,29?,32+/m1/s1. The summed E-state index contributed by atoms with van der Waals surface area (Å²) in [6, 6.07) is 8.90. The number of fused-ring (bicyclic) bond motifs is 2. The highest BCUT2D eigenvalue weighted by atomic mass is 19.4. The summed E-state index contributed by atoms with van der Waals surface area (Å²) in [7, 11) is 1.70. The molecular weight excluding hydrogens is 575 g/mol. The molecule has 0 spiro atoms. The van der Waals surface area contributed by atoms with Crippen molar-refractivity contribution in [3.63, 3.8) is 0 Å². The van der Waals surface area contributed by atoms with E-state index in [4.69, 9.17) is 14.2 Å². The van der Waals surface area contributed by atoms with Crippen molar-refractivity contribution >= 4 is 12.0 Å². The maximum absolute atomic E-state index is 14.5. The third kappa shape index (κ3) is 6.18. The SMILES string of the molecule is COC1COCCC1C[C@@H]1C[C@H]2CN(C(=O)OCc3ccc(C)cc3)C[C@@]2(C(=O)N2CCc3ncc(C(F)(F)F)cc3C2)C1. The Morgan fingerprint density at radius 2 is 1.98 bits per heavy atom. The van der Waals surface area contributed by atoms with Gasteiger partial charge in [0, 0.05) is 58.2 Å². The highest BCUT2D eigenvalue weighted by molar-refractivity contribution is 5.85. The van der Waals surface area contributed by atoms with Crippen LogP contribution >= 0.6 is 0 Å².